The quantitative estimate of drug-likeness (QED) is 0.0251. The number of likely N-dealkylation sites (N-methyl/N-ethyl adjacent to an activating group) is 3. The first kappa shape index (κ1) is 99.9. The molecule has 2 fully saturated rings. The van der Waals surface area contributed by atoms with Crippen LogP contribution in [0.3, 0.4) is 0 Å². The van der Waals surface area contributed by atoms with Crippen molar-refractivity contribution >= 4 is 93.8 Å². The van der Waals surface area contributed by atoms with E-state index in [0.717, 1.165) is 27.6 Å². The molecule has 2 aromatic carbocycles. The van der Waals surface area contributed by atoms with Gasteiger partial charge in [-0.05, 0) is 80.5 Å². The molecule has 12 atom stereocenters. The number of carbonyl (C=O) groups excluding carboxylic acids is 13. The molecule has 3 aromatic rings. The van der Waals surface area contributed by atoms with Crippen molar-refractivity contribution in [2.75, 3.05) is 145 Å². The molecule has 6 rings (SSSR count). The first-order chi connectivity index (χ1) is 57.3. The van der Waals surface area contributed by atoms with Gasteiger partial charge >= 0.3 is 12.1 Å². The fourth-order valence-electron chi connectivity index (χ4n) is 15.7. The number of aromatic nitrogens is 1. The molecular weight excluding hydrogens is 1570 g/mol. The monoisotopic (exact) mass is 1700 g/mol. The van der Waals surface area contributed by atoms with E-state index in [4.69, 9.17) is 34.2 Å². The summed E-state index contributed by atoms with van der Waals surface area (Å²) in [5.74, 6) is -8.72. The lowest BCUT2D eigenvalue weighted by Crippen LogP contribution is -2.54. The maximum atomic E-state index is 15.2. The van der Waals surface area contributed by atoms with Crippen LogP contribution in [0.25, 0.3) is 0 Å². The number of thiazole rings is 1. The van der Waals surface area contributed by atoms with Crippen molar-refractivity contribution in [3.8, 4) is 0 Å². The van der Waals surface area contributed by atoms with Gasteiger partial charge in [0.1, 0.15) is 5.78 Å². The Morgan fingerprint density at radius 3 is 1.90 bits per heavy atom. The predicted octanol–water partition coefficient (Wildman–Crippen LogP) is 6.77. The summed E-state index contributed by atoms with van der Waals surface area (Å²) >= 11 is 1.51. The molecule has 3 aliphatic heterocycles. The minimum atomic E-state index is -1.52. The van der Waals surface area contributed by atoms with Crippen LogP contribution in [0.15, 0.2) is 78.3 Å². The van der Waals surface area contributed by atoms with Crippen LogP contribution in [-0.2, 0) is 87.6 Å². The van der Waals surface area contributed by atoms with E-state index < -0.39 is 119 Å². The number of ketones is 3. The number of likely N-dealkylation sites (tertiary alicyclic amines) is 1. The topological polar surface area (TPSA) is 404 Å². The number of piperazine rings is 1. The molecule has 32 nitrogen and oxygen atoms in total. The van der Waals surface area contributed by atoms with E-state index in [1.54, 1.807) is 55.6 Å². The normalized spacial score (nSPS) is 17.2. The Bertz CT molecular complexity index is 3790. The van der Waals surface area contributed by atoms with Crippen LogP contribution in [0.4, 0.5) is 15.3 Å². The number of aliphatic hydroxyl groups excluding tert-OH is 1. The lowest BCUT2D eigenvalue weighted by Gasteiger charge is -2.41. The second kappa shape index (κ2) is 51.7. The average Bonchev–Trinajstić information content (AvgIpc) is 1.57. The number of anilines is 1. The van der Waals surface area contributed by atoms with Crippen molar-refractivity contribution in [2.45, 2.75) is 182 Å². The molecule has 1 unspecified atom stereocenters. The smallest absolute Gasteiger partial charge is 0.411 e. The number of nitrogens with two attached hydrogens (primary N) is 1. The van der Waals surface area contributed by atoms with E-state index in [2.05, 4.69) is 31.2 Å². The van der Waals surface area contributed by atoms with Crippen LogP contribution >= 0.6 is 11.3 Å². The molecule has 0 bridgehead atoms. The molecule has 33 heteroatoms. The number of benzene rings is 2. The van der Waals surface area contributed by atoms with E-state index in [9.17, 15) is 57.8 Å². The van der Waals surface area contributed by atoms with Crippen LogP contribution < -0.4 is 27.0 Å². The molecule has 0 radical (unpaired) electrons. The van der Waals surface area contributed by atoms with Gasteiger partial charge in [0.2, 0.25) is 35.6 Å². The largest absolute Gasteiger partial charge is 0.431 e. The summed E-state index contributed by atoms with van der Waals surface area (Å²) in [7, 11) is 6.53. The van der Waals surface area contributed by atoms with Gasteiger partial charge in [0.15, 0.2) is 11.6 Å². The summed E-state index contributed by atoms with van der Waals surface area (Å²) in [4.78, 5) is 191. The molecule has 2 saturated heterocycles. The highest BCUT2D eigenvalue weighted by Gasteiger charge is 2.45. The summed E-state index contributed by atoms with van der Waals surface area (Å²) < 4.78 is 34.5. The highest BCUT2D eigenvalue weighted by Crippen LogP contribution is 2.36. The number of carbonyl (C=O) groups is 13. The van der Waals surface area contributed by atoms with Gasteiger partial charge < -0.3 is 85.0 Å². The van der Waals surface area contributed by atoms with Crippen molar-refractivity contribution in [1.82, 2.24) is 50.3 Å². The summed E-state index contributed by atoms with van der Waals surface area (Å²) in [6.45, 7) is 20.6. The number of primary amides is 1. The highest BCUT2D eigenvalue weighted by atomic mass is 32.1. The fraction of sp³-hybridized carbons (Fsp3) is 0.655. The summed E-state index contributed by atoms with van der Waals surface area (Å²) in [6.07, 6.45) is 3.14. The number of hydrogen-bond donors (Lipinski definition) is 6. The van der Waals surface area contributed by atoms with Gasteiger partial charge in [-0.2, -0.15) is 0 Å². The first-order valence-electron chi connectivity index (χ1n) is 42.3. The molecular formula is C87H132N12O20S. The van der Waals surface area contributed by atoms with Crippen molar-refractivity contribution in [2.24, 2.45) is 53.1 Å². The SMILES string of the molecule is CC[C@H](C)[C@@H]([C@@H](CC(=O)N1CCC[C@H]1[C@H](CO)[C@@H](C)C(=O)C[C@@H](Cc1ccccc1)c1nccs1)OC)N(C)C(=O)[C@@H](CC(=O)[C@H](C(C)C)N(C)C(=O)OC(C(=O)N1CCN(C)CC1)c1ccc(NC(=O)[C@H](CCCNC(N)=O)CC(=O)[C@@H](NC(=O)CCOCCOCCOCCOCCNC(=O)CCN2C(=O)C=CC2=O)C(C)C)cc1)C(C)C. The zero-order valence-electron chi connectivity index (χ0n) is 72.5. The molecule has 4 heterocycles. The Labute approximate surface area is 711 Å². The highest BCUT2D eigenvalue weighted by molar-refractivity contribution is 7.09. The number of imide groups is 1. The van der Waals surface area contributed by atoms with Crippen molar-refractivity contribution in [3.63, 3.8) is 0 Å². The van der Waals surface area contributed by atoms with Gasteiger partial charge in [0, 0.05) is 183 Å². The van der Waals surface area contributed by atoms with Gasteiger partial charge in [0.05, 0.1) is 88.5 Å². The molecule has 0 spiro atoms. The number of aliphatic hydroxyl groups is 1. The van der Waals surface area contributed by atoms with Crippen LogP contribution in [0.2, 0.25) is 0 Å². The Balaban J connectivity index is 1.04. The van der Waals surface area contributed by atoms with Crippen molar-refractivity contribution in [1.29, 1.82) is 0 Å². The minimum Gasteiger partial charge on any atom is -0.431 e. The number of methoxy groups -OCH3 is 1. The zero-order chi connectivity index (χ0) is 88.1. The molecule has 1 aromatic heterocycles. The Morgan fingerprint density at radius 1 is 0.692 bits per heavy atom. The molecule has 11 amide bonds. The third-order valence-corrected chi connectivity index (χ3v) is 23.8. The van der Waals surface area contributed by atoms with Crippen LogP contribution in [0.1, 0.15) is 161 Å². The summed E-state index contributed by atoms with van der Waals surface area (Å²) in [5, 5.41) is 24.7. The number of nitrogens with zero attached hydrogens (tertiary/aromatic N) is 7. The van der Waals surface area contributed by atoms with E-state index in [0.29, 0.717) is 58.4 Å². The molecule has 7 N–H and O–H groups in total. The third kappa shape index (κ3) is 31.5. The summed E-state index contributed by atoms with van der Waals surface area (Å²) in [6, 6.07) is 12.2. The molecule has 3 aliphatic rings. The number of Topliss-reactive ketones (excluding diaryl/α,β-unsaturated/α-hetero) is 3. The van der Waals surface area contributed by atoms with Gasteiger partial charge in [0.25, 0.3) is 17.7 Å². The minimum absolute atomic E-state index is 0.00249. The van der Waals surface area contributed by atoms with Crippen molar-refractivity contribution in [3.05, 3.63) is 94.5 Å². The second-order valence-electron chi connectivity index (χ2n) is 32.5. The number of ether oxygens (including phenoxy) is 6. The maximum absolute atomic E-state index is 15.2. The second-order valence-corrected chi connectivity index (χ2v) is 33.5. The van der Waals surface area contributed by atoms with Gasteiger partial charge in [-0.25, -0.2) is 14.6 Å². The maximum Gasteiger partial charge on any atom is 0.411 e. The van der Waals surface area contributed by atoms with E-state index >= 15 is 9.59 Å². The van der Waals surface area contributed by atoms with Crippen molar-refractivity contribution < 1.29 is 95.9 Å². The molecule has 0 aliphatic carbocycles. The van der Waals surface area contributed by atoms with Gasteiger partial charge in [-0.15, -0.1) is 11.3 Å². The number of nitrogens with one attached hydrogen (secondary N) is 4. The van der Waals surface area contributed by atoms with Crippen LogP contribution in [-0.4, -0.2) is 287 Å². The zero-order valence-corrected chi connectivity index (χ0v) is 73.3. The van der Waals surface area contributed by atoms with Gasteiger partial charge in [-0.3, -0.25) is 57.6 Å². The molecule has 120 heavy (non-hydrogen) atoms. The number of urea groups is 1. The van der Waals surface area contributed by atoms with Crippen LogP contribution in [0.5, 0.6) is 0 Å². The average molecular weight is 1700 g/mol. The molecule has 0 saturated carbocycles. The standard InChI is InChI=1S/C87H132N12O20S/c1-14-59(8)80(72(114-13)54-77(108)98-35-19-23-68(98)67(55-100)60(9)69(101)52-64(83-90-34-49-120-83)50-61-20-16-15-17-21-61)95(11)84(110)66(56(2)3)53-71(103)79(58(6)7)96(12)87(113)119-81(85(111)97-39-37-94(10)38-40-97)62-24-26-65(27-25-62)92-82(109)63(22-18-32-91-86(88)112)51-70(102)78(57(4)5)93-74(105)31-41-115-43-45-117-47-48-118-46-44-116-42-33-89-73(104)30-36-99-75(106)28-29-76(99)107/h15-17,20-21,24-29,34,49,56-60,63-64,66-68,72,78-81,100H,14,18-19,22-23,30-33,35-48,50-55H2,1-13H3,(H,89,104)(H,92,109)(H,93,105)(H3,88,91,112)/t59-,60+,63+,64+,66-,67+,68-,72+,78-,79-,80-,81?/m0/s1. The number of rotatable bonds is 55. The van der Waals surface area contributed by atoms with Crippen LogP contribution in [0, 0.1) is 47.3 Å². The Hall–Kier alpha value is -8.96. The van der Waals surface area contributed by atoms with Gasteiger partial charge in [-0.1, -0.05) is 111 Å². The fourth-order valence-corrected chi connectivity index (χ4v) is 16.4. The Morgan fingerprint density at radius 2 is 1.32 bits per heavy atom. The number of amides is 11. The third-order valence-electron chi connectivity index (χ3n) is 22.9. The van der Waals surface area contributed by atoms with E-state index in [1.165, 1.54) is 54.7 Å². The predicted molar refractivity (Wildman–Crippen MR) is 451 cm³/mol. The Kier molecular flexibility index (Phi) is 43.0. The summed E-state index contributed by atoms with van der Waals surface area (Å²) in [5.41, 5.74) is 6.94. The molecule has 666 valence electrons. The van der Waals surface area contributed by atoms with E-state index in [-0.39, 0.29) is 189 Å². The lowest BCUT2D eigenvalue weighted by atomic mass is 9.80. The first-order valence-corrected chi connectivity index (χ1v) is 43.1. The number of hydrogen-bond acceptors (Lipinski definition) is 23. The van der Waals surface area contributed by atoms with E-state index in [1.807, 2.05) is 77.4 Å². The lowest BCUT2D eigenvalue weighted by molar-refractivity contribution is -0.148.